The number of carboxylic acids is 1. The van der Waals surface area contributed by atoms with Gasteiger partial charge in [0.05, 0.1) is 12.2 Å². The number of carbonyl (C=O) groups is 2. The van der Waals surface area contributed by atoms with E-state index in [1.54, 1.807) is 18.2 Å². The van der Waals surface area contributed by atoms with Crippen molar-refractivity contribution in [2.24, 2.45) is 0 Å². The predicted molar refractivity (Wildman–Crippen MR) is 82.9 cm³/mol. The highest BCUT2D eigenvalue weighted by Crippen LogP contribution is 2.09. The van der Waals surface area contributed by atoms with Crippen LogP contribution in [0.3, 0.4) is 0 Å². The zero-order valence-electron chi connectivity index (χ0n) is 11.2. The Morgan fingerprint density at radius 1 is 1.23 bits per heavy atom. The first-order chi connectivity index (χ1) is 10.5. The van der Waals surface area contributed by atoms with E-state index in [-0.39, 0.29) is 10.7 Å². The number of furan rings is 1. The summed E-state index contributed by atoms with van der Waals surface area (Å²) in [6.45, 7) is 0. The average molecular weight is 315 g/mol. The quantitative estimate of drug-likeness (QED) is 0.650. The van der Waals surface area contributed by atoms with Gasteiger partial charge in [0.15, 0.2) is 5.11 Å². The molecule has 0 fully saturated rings. The highest BCUT2D eigenvalue weighted by molar-refractivity contribution is 7.80. The van der Waals surface area contributed by atoms with Gasteiger partial charge in [-0.15, -0.1) is 0 Å². The Bertz CT molecular complexity index is 723. The summed E-state index contributed by atoms with van der Waals surface area (Å²) < 4.78 is 5.04. The SMILES string of the molecule is O=C(/C=C/c1ccco1)NC(=S)Nc1cccc(C(=O)[O-])c1. The van der Waals surface area contributed by atoms with E-state index in [1.165, 1.54) is 36.6 Å². The van der Waals surface area contributed by atoms with Crippen molar-refractivity contribution >= 4 is 41.0 Å². The van der Waals surface area contributed by atoms with Crippen molar-refractivity contribution in [3.05, 3.63) is 60.1 Å². The van der Waals surface area contributed by atoms with Crippen molar-refractivity contribution in [1.29, 1.82) is 0 Å². The summed E-state index contributed by atoms with van der Waals surface area (Å²) in [5.41, 5.74) is 0.443. The second-order valence-corrected chi connectivity index (χ2v) is 4.57. The Morgan fingerprint density at radius 3 is 2.73 bits per heavy atom. The number of benzene rings is 1. The van der Waals surface area contributed by atoms with Crippen LogP contribution >= 0.6 is 12.2 Å². The molecule has 1 aromatic carbocycles. The first kappa shape index (κ1) is 15.5. The fraction of sp³-hybridized carbons (Fsp3) is 0. The van der Waals surface area contributed by atoms with Crippen LogP contribution in [-0.2, 0) is 4.79 Å². The van der Waals surface area contributed by atoms with Gasteiger partial charge >= 0.3 is 0 Å². The minimum atomic E-state index is -1.29. The third-order valence-corrected chi connectivity index (χ3v) is 2.74. The lowest BCUT2D eigenvalue weighted by molar-refractivity contribution is -0.255. The Morgan fingerprint density at radius 2 is 2.05 bits per heavy atom. The molecule has 2 rings (SSSR count). The largest absolute Gasteiger partial charge is 0.545 e. The lowest BCUT2D eigenvalue weighted by Gasteiger charge is -2.10. The van der Waals surface area contributed by atoms with Gasteiger partial charge in [0.2, 0.25) is 5.91 Å². The second-order valence-electron chi connectivity index (χ2n) is 4.16. The predicted octanol–water partition coefficient (Wildman–Crippen LogP) is 1.17. The van der Waals surface area contributed by atoms with Crippen molar-refractivity contribution in [2.45, 2.75) is 0 Å². The third kappa shape index (κ3) is 4.57. The maximum absolute atomic E-state index is 11.6. The van der Waals surface area contributed by atoms with Gasteiger partial charge in [0.1, 0.15) is 5.76 Å². The van der Waals surface area contributed by atoms with Crippen LogP contribution in [0, 0.1) is 0 Å². The zero-order chi connectivity index (χ0) is 15.9. The second kappa shape index (κ2) is 7.19. The number of carbonyl (C=O) groups excluding carboxylic acids is 2. The number of hydrogen-bond donors (Lipinski definition) is 2. The molecule has 0 aliphatic heterocycles. The first-order valence-electron chi connectivity index (χ1n) is 6.19. The minimum Gasteiger partial charge on any atom is -0.545 e. The molecule has 1 heterocycles. The topological polar surface area (TPSA) is 94.4 Å². The molecule has 112 valence electrons. The fourth-order valence-corrected chi connectivity index (χ4v) is 1.80. The molecule has 0 saturated carbocycles. The van der Waals surface area contributed by atoms with E-state index >= 15 is 0 Å². The molecular weight excluding hydrogens is 304 g/mol. The van der Waals surface area contributed by atoms with Gasteiger partial charge in [-0.25, -0.2) is 0 Å². The zero-order valence-corrected chi connectivity index (χ0v) is 12.1. The van der Waals surface area contributed by atoms with Crippen LogP contribution in [0.25, 0.3) is 6.08 Å². The van der Waals surface area contributed by atoms with Crippen molar-refractivity contribution in [1.82, 2.24) is 5.32 Å². The van der Waals surface area contributed by atoms with Crippen LogP contribution in [-0.4, -0.2) is 17.0 Å². The Labute approximate surface area is 131 Å². The van der Waals surface area contributed by atoms with Gasteiger partial charge in [-0.2, -0.15) is 0 Å². The molecule has 0 bridgehead atoms. The molecule has 0 aliphatic rings. The molecule has 1 amide bonds. The lowest BCUT2D eigenvalue weighted by atomic mass is 10.2. The lowest BCUT2D eigenvalue weighted by Crippen LogP contribution is -2.33. The van der Waals surface area contributed by atoms with E-state index in [2.05, 4.69) is 10.6 Å². The summed E-state index contributed by atoms with van der Waals surface area (Å²) in [7, 11) is 0. The number of rotatable bonds is 4. The monoisotopic (exact) mass is 315 g/mol. The molecule has 0 saturated heterocycles. The normalized spacial score (nSPS) is 10.4. The first-order valence-corrected chi connectivity index (χ1v) is 6.60. The van der Waals surface area contributed by atoms with E-state index in [9.17, 15) is 14.7 Å². The average Bonchev–Trinajstić information content (AvgIpc) is 2.98. The summed E-state index contributed by atoms with van der Waals surface area (Å²) in [6.07, 6.45) is 4.26. The van der Waals surface area contributed by atoms with Gasteiger partial charge in [0, 0.05) is 11.8 Å². The van der Waals surface area contributed by atoms with Crippen molar-refractivity contribution in [2.75, 3.05) is 5.32 Å². The highest BCUT2D eigenvalue weighted by Gasteiger charge is 2.03. The maximum Gasteiger partial charge on any atom is 0.250 e. The molecule has 0 spiro atoms. The third-order valence-electron chi connectivity index (χ3n) is 2.54. The standard InChI is InChI=1S/C15H12N2O4S/c18-13(7-6-12-5-2-8-21-12)17-15(22)16-11-4-1-3-10(9-11)14(19)20/h1-9H,(H,19,20)(H2,16,17,18,22)/p-1/b7-6+. The summed E-state index contributed by atoms with van der Waals surface area (Å²) in [6, 6.07) is 9.30. The number of hydrogen-bond acceptors (Lipinski definition) is 5. The number of aromatic carboxylic acids is 1. The Hall–Kier alpha value is -2.93. The highest BCUT2D eigenvalue weighted by atomic mass is 32.1. The van der Waals surface area contributed by atoms with E-state index in [4.69, 9.17) is 16.6 Å². The number of anilines is 1. The maximum atomic E-state index is 11.6. The number of thiocarbonyl (C=S) groups is 1. The van der Waals surface area contributed by atoms with Gasteiger partial charge in [-0.05, 0) is 48.1 Å². The van der Waals surface area contributed by atoms with Crippen LogP contribution in [0.15, 0.2) is 53.2 Å². The van der Waals surface area contributed by atoms with Gasteiger partial charge in [0.25, 0.3) is 0 Å². The molecule has 1 aromatic heterocycles. The van der Waals surface area contributed by atoms with Crippen molar-refractivity contribution < 1.29 is 19.1 Å². The smallest absolute Gasteiger partial charge is 0.250 e. The molecule has 0 atom stereocenters. The van der Waals surface area contributed by atoms with Crippen LogP contribution in [0.5, 0.6) is 0 Å². The van der Waals surface area contributed by atoms with E-state index in [1.807, 2.05) is 0 Å². The number of nitrogens with one attached hydrogen (secondary N) is 2. The van der Waals surface area contributed by atoms with Crippen LogP contribution < -0.4 is 15.7 Å². The summed E-state index contributed by atoms with van der Waals surface area (Å²) in [5, 5.41) is 15.9. The van der Waals surface area contributed by atoms with E-state index in [0.29, 0.717) is 11.4 Å². The van der Waals surface area contributed by atoms with Gasteiger partial charge < -0.3 is 19.6 Å². The van der Waals surface area contributed by atoms with Crippen molar-refractivity contribution in [3.63, 3.8) is 0 Å². The van der Waals surface area contributed by atoms with Gasteiger partial charge in [-0.3, -0.25) is 10.1 Å². The molecule has 22 heavy (non-hydrogen) atoms. The summed E-state index contributed by atoms with van der Waals surface area (Å²) >= 11 is 4.97. The van der Waals surface area contributed by atoms with Crippen molar-refractivity contribution in [3.8, 4) is 0 Å². The molecule has 7 heteroatoms. The number of amides is 1. The van der Waals surface area contributed by atoms with E-state index in [0.717, 1.165) is 0 Å². The molecular formula is C15H11N2O4S-. The molecule has 0 radical (unpaired) electrons. The fourth-order valence-electron chi connectivity index (χ4n) is 1.58. The molecule has 0 unspecified atom stereocenters. The minimum absolute atomic E-state index is 0.0110. The Kier molecular flexibility index (Phi) is 5.05. The van der Waals surface area contributed by atoms with E-state index < -0.39 is 11.9 Å². The summed E-state index contributed by atoms with van der Waals surface area (Å²) in [5.74, 6) is -1.19. The molecule has 0 aliphatic carbocycles. The summed E-state index contributed by atoms with van der Waals surface area (Å²) in [4.78, 5) is 22.4. The molecule has 2 aromatic rings. The van der Waals surface area contributed by atoms with Gasteiger partial charge in [-0.1, -0.05) is 12.1 Å². The Balaban J connectivity index is 1.91. The molecule has 6 nitrogen and oxygen atoms in total. The van der Waals surface area contributed by atoms with Crippen LogP contribution in [0.2, 0.25) is 0 Å². The van der Waals surface area contributed by atoms with Crippen LogP contribution in [0.4, 0.5) is 5.69 Å². The molecule has 2 N–H and O–H groups in total. The van der Waals surface area contributed by atoms with Crippen LogP contribution in [0.1, 0.15) is 16.1 Å². The number of carboxylic acid groups (broad SMARTS) is 1.